The number of hydrogen-bond acceptors (Lipinski definition) is 4. The number of para-hydroxylation sites is 1. The summed E-state index contributed by atoms with van der Waals surface area (Å²) in [4.78, 5) is 23.7. The molecule has 0 radical (unpaired) electrons. The summed E-state index contributed by atoms with van der Waals surface area (Å²) in [6.45, 7) is 4.38. The van der Waals surface area contributed by atoms with Gasteiger partial charge in [0.05, 0.1) is 22.9 Å². The van der Waals surface area contributed by atoms with Gasteiger partial charge >= 0.3 is 5.97 Å². The molecular weight excluding hydrogens is 306 g/mol. The summed E-state index contributed by atoms with van der Waals surface area (Å²) < 4.78 is 5.59. The van der Waals surface area contributed by atoms with Crippen molar-refractivity contribution in [1.29, 1.82) is 0 Å². The summed E-state index contributed by atoms with van der Waals surface area (Å²) in [5.41, 5.74) is 3.37. The van der Waals surface area contributed by atoms with Gasteiger partial charge in [0.15, 0.2) is 5.43 Å². The molecule has 24 heavy (non-hydrogen) atoms. The quantitative estimate of drug-likeness (QED) is 0.761. The van der Waals surface area contributed by atoms with Crippen molar-refractivity contribution in [1.82, 2.24) is 0 Å². The van der Waals surface area contributed by atoms with Crippen LogP contribution in [0.5, 0.6) is 0 Å². The Morgan fingerprint density at radius 2 is 2.00 bits per heavy atom. The lowest BCUT2D eigenvalue weighted by molar-refractivity contribution is 0.0698. The lowest BCUT2D eigenvalue weighted by atomic mass is 9.93. The second-order valence-electron chi connectivity index (χ2n) is 5.48. The number of rotatable bonds is 4. The van der Waals surface area contributed by atoms with Crippen LogP contribution in [-0.4, -0.2) is 17.6 Å². The van der Waals surface area contributed by atoms with Gasteiger partial charge in [0.2, 0.25) is 0 Å². The zero-order valence-corrected chi connectivity index (χ0v) is 13.4. The van der Waals surface area contributed by atoms with Crippen molar-refractivity contribution >= 4 is 22.6 Å². The van der Waals surface area contributed by atoms with E-state index in [1.807, 2.05) is 19.9 Å². The fourth-order valence-corrected chi connectivity index (χ4v) is 2.90. The smallest absolute Gasteiger partial charge is 0.337 e. The minimum atomic E-state index is -1.01. The molecule has 0 saturated heterocycles. The van der Waals surface area contributed by atoms with E-state index in [9.17, 15) is 14.7 Å². The number of fused-ring (bicyclic) bond motifs is 1. The van der Waals surface area contributed by atoms with E-state index < -0.39 is 5.97 Å². The van der Waals surface area contributed by atoms with Crippen LogP contribution in [0.1, 0.15) is 22.8 Å². The number of benzene rings is 2. The molecule has 0 saturated carbocycles. The predicted molar refractivity (Wildman–Crippen MR) is 93.8 cm³/mol. The van der Waals surface area contributed by atoms with E-state index in [4.69, 9.17) is 4.42 Å². The highest BCUT2D eigenvalue weighted by molar-refractivity contribution is 6.04. The number of anilines is 1. The molecule has 0 amide bonds. The van der Waals surface area contributed by atoms with Crippen molar-refractivity contribution in [3.63, 3.8) is 0 Å². The second kappa shape index (κ2) is 6.20. The summed E-state index contributed by atoms with van der Waals surface area (Å²) in [7, 11) is 0. The number of nitrogens with one attached hydrogen (secondary N) is 1. The Hall–Kier alpha value is -3.08. The van der Waals surface area contributed by atoms with Gasteiger partial charge in [-0.15, -0.1) is 0 Å². The molecule has 0 atom stereocenters. The number of aryl methyl sites for hydroxylation is 1. The fourth-order valence-electron chi connectivity index (χ4n) is 2.90. The summed E-state index contributed by atoms with van der Waals surface area (Å²) in [6, 6.07) is 10.0. The lowest BCUT2D eigenvalue weighted by Gasteiger charge is -2.17. The maximum atomic E-state index is 12.1. The topological polar surface area (TPSA) is 79.5 Å². The normalized spacial score (nSPS) is 10.8. The highest BCUT2D eigenvalue weighted by Crippen LogP contribution is 2.37. The van der Waals surface area contributed by atoms with Crippen molar-refractivity contribution in [2.24, 2.45) is 0 Å². The molecule has 0 aliphatic carbocycles. The predicted octanol–water partition coefficient (Wildman–Crippen LogP) is 3.90. The van der Waals surface area contributed by atoms with E-state index >= 15 is 0 Å². The third-order valence-corrected chi connectivity index (χ3v) is 3.95. The van der Waals surface area contributed by atoms with E-state index in [0.717, 1.165) is 11.1 Å². The molecule has 0 bridgehead atoms. The van der Waals surface area contributed by atoms with Crippen LogP contribution >= 0.6 is 0 Å². The first-order valence-corrected chi connectivity index (χ1v) is 7.66. The zero-order valence-electron chi connectivity index (χ0n) is 13.4. The van der Waals surface area contributed by atoms with Crippen molar-refractivity contribution in [2.75, 3.05) is 11.9 Å². The van der Waals surface area contributed by atoms with Crippen LogP contribution in [0.15, 0.2) is 51.9 Å². The van der Waals surface area contributed by atoms with Crippen molar-refractivity contribution in [3.8, 4) is 11.1 Å². The highest BCUT2D eigenvalue weighted by atomic mass is 16.4. The maximum absolute atomic E-state index is 12.1. The third kappa shape index (κ3) is 2.54. The van der Waals surface area contributed by atoms with Crippen molar-refractivity contribution < 1.29 is 14.3 Å². The molecule has 3 rings (SSSR count). The molecule has 2 N–H and O–H groups in total. The van der Waals surface area contributed by atoms with Crippen molar-refractivity contribution in [2.45, 2.75) is 13.8 Å². The summed E-state index contributed by atoms with van der Waals surface area (Å²) >= 11 is 0. The Morgan fingerprint density at radius 3 is 2.71 bits per heavy atom. The number of carboxylic acids is 1. The summed E-state index contributed by atoms with van der Waals surface area (Å²) in [5.74, 6) is -1.01. The van der Waals surface area contributed by atoms with Gasteiger partial charge in [0.25, 0.3) is 0 Å². The highest BCUT2D eigenvalue weighted by Gasteiger charge is 2.19. The number of hydrogen-bond donors (Lipinski definition) is 2. The molecule has 5 nitrogen and oxygen atoms in total. The molecule has 0 unspecified atom stereocenters. The first-order valence-electron chi connectivity index (χ1n) is 7.66. The van der Waals surface area contributed by atoms with Crippen molar-refractivity contribution in [3.05, 3.63) is 64.0 Å². The van der Waals surface area contributed by atoms with Gasteiger partial charge in [-0.1, -0.05) is 18.2 Å². The average molecular weight is 323 g/mol. The minimum Gasteiger partial charge on any atom is -0.478 e. The second-order valence-corrected chi connectivity index (χ2v) is 5.48. The fraction of sp³-hybridized carbons (Fsp3) is 0.158. The van der Waals surface area contributed by atoms with Crippen LogP contribution in [0, 0.1) is 6.92 Å². The first-order chi connectivity index (χ1) is 11.5. The van der Waals surface area contributed by atoms with Crippen LogP contribution in [0.3, 0.4) is 0 Å². The molecule has 122 valence electrons. The van der Waals surface area contributed by atoms with Gasteiger partial charge in [0.1, 0.15) is 5.58 Å². The van der Waals surface area contributed by atoms with Gasteiger partial charge in [-0.05, 0) is 31.5 Å². The molecule has 2 aromatic carbocycles. The lowest BCUT2D eigenvalue weighted by Crippen LogP contribution is -2.09. The third-order valence-electron chi connectivity index (χ3n) is 3.95. The van der Waals surface area contributed by atoms with E-state index in [1.165, 1.54) is 12.3 Å². The Labute approximate surface area is 138 Å². The monoisotopic (exact) mass is 323 g/mol. The maximum Gasteiger partial charge on any atom is 0.337 e. The van der Waals surface area contributed by atoms with E-state index in [2.05, 4.69) is 5.32 Å². The molecule has 0 spiro atoms. The van der Waals surface area contributed by atoms with Gasteiger partial charge in [-0.3, -0.25) is 4.79 Å². The van der Waals surface area contributed by atoms with Crippen LogP contribution in [0.4, 0.5) is 5.69 Å². The SMILES string of the molecule is CCNc1c(C(=O)O)ccc(C)c1-c1cccc2c(=O)ccoc12. The standard InChI is InChI=1S/C19H17NO4/c1-3-20-17-14(19(22)23)8-7-11(2)16(17)13-6-4-5-12-15(21)9-10-24-18(12)13/h4-10,20H,3H2,1-2H3,(H,22,23). The van der Waals surface area contributed by atoms with E-state index in [1.54, 1.807) is 24.3 Å². The molecule has 1 heterocycles. The number of carboxylic acid groups (broad SMARTS) is 1. The molecule has 3 aromatic rings. The molecule has 0 fully saturated rings. The number of aromatic carboxylic acids is 1. The molecular formula is C19H17NO4. The Morgan fingerprint density at radius 1 is 1.21 bits per heavy atom. The van der Waals surface area contributed by atoms with Gasteiger partial charge in [0, 0.05) is 23.7 Å². The zero-order chi connectivity index (χ0) is 17.3. The first kappa shape index (κ1) is 15.8. The van der Waals surface area contributed by atoms with Gasteiger partial charge in [-0.25, -0.2) is 4.79 Å². The molecule has 0 aliphatic rings. The van der Waals surface area contributed by atoms with Crippen LogP contribution in [0.2, 0.25) is 0 Å². The van der Waals surface area contributed by atoms with Gasteiger partial charge in [-0.2, -0.15) is 0 Å². The summed E-state index contributed by atoms with van der Waals surface area (Å²) in [5, 5.41) is 13.1. The van der Waals surface area contributed by atoms with Crippen LogP contribution < -0.4 is 10.7 Å². The van der Waals surface area contributed by atoms with Crippen LogP contribution in [0.25, 0.3) is 22.1 Å². The molecule has 1 aromatic heterocycles. The Kier molecular flexibility index (Phi) is 4.08. The van der Waals surface area contributed by atoms with Gasteiger partial charge < -0.3 is 14.8 Å². The molecule has 0 aliphatic heterocycles. The largest absolute Gasteiger partial charge is 0.478 e. The van der Waals surface area contributed by atoms with E-state index in [0.29, 0.717) is 28.8 Å². The Balaban J connectivity index is 2.42. The average Bonchev–Trinajstić information content (AvgIpc) is 2.55. The Bertz CT molecular complexity index is 988. The van der Waals surface area contributed by atoms with Crippen LogP contribution in [-0.2, 0) is 0 Å². The molecule has 5 heteroatoms. The number of carbonyl (C=O) groups is 1. The van der Waals surface area contributed by atoms with E-state index in [-0.39, 0.29) is 11.0 Å². The minimum absolute atomic E-state index is 0.129. The summed E-state index contributed by atoms with van der Waals surface area (Å²) in [6.07, 6.45) is 1.36.